The maximum absolute atomic E-state index is 13.0. The topological polar surface area (TPSA) is 52.6 Å². The zero-order valence-corrected chi connectivity index (χ0v) is 15.3. The van der Waals surface area contributed by atoms with Crippen molar-refractivity contribution in [3.8, 4) is 0 Å². The summed E-state index contributed by atoms with van der Waals surface area (Å²) in [6.45, 7) is 1.34. The van der Waals surface area contributed by atoms with E-state index in [1.807, 2.05) is 18.2 Å². The molecule has 6 aliphatic carbocycles. The molecule has 0 radical (unpaired) electrons. The van der Waals surface area contributed by atoms with Gasteiger partial charge in [-0.2, -0.15) is 0 Å². The summed E-state index contributed by atoms with van der Waals surface area (Å²) in [6.07, 6.45) is 0. The van der Waals surface area contributed by atoms with Gasteiger partial charge >= 0.3 is 0 Å². The van der Waals surface area contributed by atoms with E-state index in [4.69, 9.17) is 9.47 Å². The van der Waals surface area contributed by atoms with Gasteiger partial charge in [0.15, 0.2) is 15.6 Å². The van der Waals surface area contributed by atoms with Crippen molar-refractivity contribution in [3.05, 3.63) is 30.3 Å². The van der Waals surface area contributed by atoms with Crippen molar-refractivity contribution in [2.24, 2.45) is 40.9 Å². The zero-order valence-electron chi connectivity index (χ0n) is 12.9. The van der Waals surface area contributed by atoms with E-state index in [1.54, 1.807) is 12.1 Å². The van der Waals surface area contributed by atoms with Crippen molar-refractivity contribution < 1.29 is 17.9 Å². The van der Waals surface area contributed by atoms with Crippen LogP contribution in [0.15, 0.2) is 35.2 Å². The molecule has 1 saturated heterocycles. The van der Waals surface area contributed by atoms with E-state index < -0.39 is 15.6 Å². The van der Waals surface area contributed by atoms with Gasteiger partial charge in [0.1, 0.15) is 0 Å². The van der Waals surface area contributed by atoms with Crippen LogP contribution in [0, 0.1) is 40.9 Å². The highest BCUT2D eigenvalue weighted by Crippen LogP contribution is 3.04. The quantitative estimate of drug-likeness (QED) is 0.718. The van der Waals surface area contributed by atoms with Gasteiger partial charge in [-0.25, -0.2) is 8.42 Å². The standard InChI is InChI=1S/C18H17BrO4S/c19-17-12-10-11(12)16(8-24(20,21)9-4-2-1-3-5-9)14(15(16)17)13(10)18(17)22-6-7-23-18/h1-5,10-15H,6-8H2/t10-,11+,12+,13-,14+,15-,16-,17+/m1/s1. The monoisotopic (exact) mass is 408 g/mol. The average Bonchev–Trinajstić information content (AvgIpc) is 3.25. The minimum Gasteiger partial charge on any atom is -0.346 e. The van der Waals surface area contributed by atoms with Crippen LogP contribution in [0.1, 0.15) is 0 Å². The Balaban J connectivity index is 1.31. The summed E-state index contributed by atoms with van der Waals surface area (Å²) in [5.74, 6) is 2.87. The van der Waals surface area contributed by atoms with Gasteiger partial charge in [-0.3, -0.25) is 0 Å². The van der Waals surface area contributed by atoms with Crippen LogP contribution < -0.4 is 0 Å². The number of hydrogen-bond acceptors (Lipinski definition) is 4. The first-order chi connectivity index (χ1) is 11.5. The molecule has 1 aromatic carbocycles. The van der Waals surface area contributed by atoms with Crippen LogP contribution in [0.25, 0.3) is 0 Å². The van der Waals surface area contributed by atoms with E-state index in [9.17, 15) is 8.42 Å². The number of rotatable bonds is 3. The van der Waals surface area contributed by atoms with Crippen LogP contribution in [0.5, 0.6) is 0 Å². The van der Waals surface area contributed by atoms with Gasteiger partial charge < -0.3 is 9.47 Å². The first-order valence-corrected chi connectivity index (χ1v) is 11.2. The maximum Gasteiger partial charge on any atom is 0.187 e. The van der Waals surface area contributed by atoms with Crippen LogP contribution in [0.4, 0.5) is 0 Å². The molecular weight excluding hydrogens is 392 g/mol. The lowest BCUT2D eigenvalue weighted by Crippen LogP contribution is -2.50. The van der Waals surface area contributed by atoms with Gasteiger partial charge in [0.05, 0.1) is 28.2 Å². The lowest BCUT2D eigenvalue weighted by molar-refractivity contribution is -0.192. The Bertz CT molecular complexity index is 895. The molecule has 1 spiro atoms. The second-order valence-electron chi connectivity index (χ2n) is 8.48. The van der Waals surface area contributed by atoms with Crippen molar-refractivity contribution in [2.45, 2.75) is 15.0 Å². The SMILES string of the molecule is O=S(=O)(C[C@@]12[C@H]3[C@H]4[C@@H]5[C@H]1[C@H]2[C@@](Br)([C@@H]43)C51OCCO1)c1ccccc1. The number of benzene rings is 1. The van der Waals surface area contributed by atoms with Gasteiger partial charge in [0, 0.05) is 5.92 Å². The van der Waals surface area contributed by atoms with Crippen LogP contribution in [-0.4, -0.2) is 37.5 Å². The van der Waals surface area contributed by atoms with Crippen molar-refractivity contribution in [1.29, 1.82) is 0 Å². The molecule has 1 aliphatic heterocycles. The van der Waals surface area contributed by atoms with Crippen LogP contribution >= 0.6 is 15.9 Å². The van der Waals surface area contributed by atoms with E-state index in [0.29, 0.717) is 59.4 Å². The third kappa shape index (κ3) is 1.04. The molecule has 24 heavy (non-hydrogen) atoms. The Kier molecular flexibility index (Phi) is 2.02. The minimum absolute atomic E-state index is 0.0151. The van der Waals surface area contributed by atoms with Gasteiger partial charge in [-0.1, -0.05) is 34.1 Å². The molecule has 8 rings (SSSR count). The Labute approximate surface area is 148 Å². The molecule has 126 valence electrons. The summed E-state index contributed by atoms with van der Waals surface area (Å²) in [6, 6.07) is 8.93. The van der Waals surface area contributed by atoms with Gasteiger partial charge in [-0.15, -0.1) is 0 Å². The summed E-state index contributed by atoms with van der Waals surface area (Å²) in [7, 11) is -3.24. The first kappa shape index (κ1) is 13.7. The normalized spacial score (nSPS) is 56.2. The largest absolute Gasteiger partial charge is 0.346 e. The molecule has 0 aromatic heterocycles. The van der Waals surface area contributed by atoms with Crippen molar-refractivity contribution in [3.63, 3.8) is 0 Å². The molecule has 7 fully saturated rings. The van der Waals surface area contributed by atoms with E-state index in [2.05, 4.69) is 15.9 Å². The van der Waals surface area contributed by atoms with Crippen molar-refractivity contribution in [2.75, 3.05) is 19.0 Å². The molecule has 1 aromatic rings. The smallest absolute Gasteiger partial charge is 0.187 e. The van der Waals surface area contributed by atoms with Crippen LogP contribution in [0.3, 0.4) is 0 Å². The number of halogens is 1. The maximum atomic E-state index is 13.0. The second-order valence-corrected chi connectivity index (χ2v) is 11.8. The predicted octanol–water partition coefficient (Wildman–Crippen LogP) is 2.09. The Morgan fingerprint density at radius 3 is 2.33 bits per heavy atom. The van der Waals surface area contributed by atoms with Crippen molar-refractivity contribution >= 4 is 25.8 Å². The van der Waals surface area contributed by atoms with E-state index >= 15 is 0 Å². The molecule has 6 saturated carbocycles. The fourth-order valence-corrected chi connectivity index (χ4v) is 11.7. The summed E-state index contributed by atoms with van der Waals surface area (Å²) in [5.41, 5.74) is -0.0151. The van der Waals surface area contributed by atoms with E-state index in [1.165, 1.54) is 0 Å². The summed E-state index contributed by atoms with van der Waals surface area (Å²) < 4.78 is 38.2. The third-order valence-electron chi connectivity index (χ3n) is 8.12. The molecule has 6 heteroatoms. The Morgan fingerprint density at radius 2 is 1.75 bits per heavy atom. The number of hydrogen-bond donors (Lipinski definition) is 0. The first-order valence-electron chi connectivity index (χ1n) is 8.75. The fraction of sp³-hybridized carbons (Fsp3) is 0.667. The molecular formula is C18H17BrO4S. The van der Waals surface area contributed by atoms with Crippen LogP contribution in [0.2, 0.25) is 0 Å². The molecule has 8 atom stereocenters. The van der Waals surface area contributed by atoms with Gasteiger partial charge in [0.2, 0.25) is 0 Å². The highest BCUT2D eigenvalue weighted by molar-refractivity contribution is 9.10. The third-order valence-corrected chi connectivity index (χ3v) is 11.6. The Hall–Kier alpha value is -0.430. The Morgan fingerprint density at radius 1 is 1.04 bits per heavy atom. The number of alkyl halides is 1. The van der Waals surface area contributed by atoms with Gasteiger partial charge in [0.25, 0.3) is 0 Å². The summed E-state index contributed by atoms with van der Waals surface area (Å²) >= 11 is 4.06. The molecule has 2 bridgehead atoms. The highest BCUT2D eigenvalue weighted by atomic mass is 79.9. The molecule has 1 heterocycles. The molecule has 7 aliphatic rings. The predicted molar refractivity (Wildman–Crippen MR) is 88.2 cm³/mol. The lowest BCUT2D eigenvalue weighted by Gasteiger charge is -2.37. The molecule has 0 unspecified atom stereocenters. The summed E-state index contributed by atoms with van der Waals surface area (Å²) in [5, 5.41) is 0. The molecule has 4 nitrogen and oxygen atoms in total. The van der Waals surface area contributed by atoms with Gasteiger partial charge in [-0.05, 0) is 47.1 Å². The highest BCUT2D eigenvalue weighted by Gasteiger charge is 3.09. The second kappa shape index (κ2) is 3.53. The van der Waals surface area contributed by atoms with Crippen molar-refractivity contribution in [1.82, 2.24) is 0 Å². The fourth-order valence-electron chi connectivity index (χ4n) is 7.93. The number of ether oxygens (including phenoxy) is 2. The zero-order chi connectivity index (χ0) is 16.1. The summed E-state index contributed by atoms with van der Waals surface area (Å²) in [4.78, 5) is 0.465. The molecule has 0 N–H and O–H groups in total. The average molecular weight is 409 g/mol. The van der Waals surface area contributed by atoms with Crippen LogP contribution in [-0.2, 0) is 19.3 Å². The van der Waals surface area contributed by atoms with E-state index in [-0.39, 0.29) is 9.74 Å². The van der Waals surface area contributed by atoms with E-state index in [0.717, 1.165) is 0 Å². The number of sulfone groups is 1. The lowest BCUT2D eigenvalue weighted by atomic mass is 9.95. The minimum atomic E-state index is -3.24. The molecule has 0 amide bonds.